The molecule has 0 unspecified atom stereocenters. The number of amides is 2. The highest BCUT2D eigenvalue weighted by atomic mass is 16.5. The number of aliphatic hydroxyl groups is 1. The fourth-order valence-electron chi connectivity index (χ4n) is 5.04. The van der Waals surface area contributed by atoms with E-state index in [4.69, 9.17) is 24.5 Å². The van der Waals surface area contributed by atoms with E-state index in [9.17, 15) is 9.59 Å². The fourth-order valence-corrected chi connectivity index (χ4v) is 5.04. The van der Waals surface area contributed by atoms with Gasteiger partial charge in [-0.15, -0.1) is 0 Å². The van der Waals surface area contributed by atoms with Gasteiger partial charge in [0.15, 0.2) is 0 Å². The number of nitrogens with one attached hydrogen (secondary N) is 3. The van der Waals surface area contributed by atoms with Gasteiger partial charge in [-0.2, -0.15) is 4.98 Å². The van der Waals surface area contributed by atoms with E-state index >= 15 is 0 Å². The molecule has 10 nitrogen and oxygen atoms in total. The molecular weight excluding hydrogens is 510 g/mol. The normalized spacial score (nSPS) is 14.3. The van der Waals surface area contributed by atoms with Crippen molar-refractivity contribution in [2.75, 3.05) is 32.6 Å². The molecule has 1 fully saturated rings. The maximum absolute atomic E-state index is 12.3. The summed E-state index contributed by atoms with van der Waals surface area (Å²) in [5, 5.41) is 17.5. The summed E-state index contributed by atoms with van der Waals surface area (Å²) in [6, 6.07) is 12.5. The van der Waals surface area contributed by atoms with Crippen molar-refractivity contribution in [3.8, 4) is 11.6 Å². The Hall–Kier alpha value is -4.44. The Morgan fingerprint density at radius 1 is 1.02 bits per heavy atom. The molecule has 2 aliphatic carbocycles. The monoisotopic (exact) mass is 543 g/mol. The maximum atomic E-state index is 12.3. The number of carbonyl (C=O) groups is 2. The zero-order valence-electron chi connectivity index (χ0n) is 22.6. The van der Waals surface area contributed by atoms with Gasteiger partial charge >= 0.3 is 0 Å². The lowest BCUT2D eigenvalue weighted by Gasteiger charge is -2.19. The van der Waals surface area contributed by atoms with Crippen molar-refractivity contribution in [1.29, 1.82) is 0 Å². The molecule has 0 saturated heterocycles. The van der Waals surface area contributed by atoms with Crippen molar-refractivity contribution in [3.05, 3.63) is 76.5 Å². The third kappa shape index (κ3) is 5.76. The first-order valence-electron chi connectivity index (χ1n) is 13.5. The van der Waals surface area contributed by atoms with Gasteiger partial charge < -0.3 is 30.5 Å². The second-order valence-electron chi connectivity index (χ2n) is 9.70. The summed E-state index contributed by atoms with van der Waals surface area (Å²) in [5.41, 5.74) is 5.26. The van der Waals surface area contributed by atoms with Gasteiger partial charge in [-0.3, -0.25) is 9.59 Å². The van der Waals surface area contributed by atoms with Gasteiger partial charge in [0.1, 0.15) is 11.9 Å². The van der Waals surface area contributed by atoms with Gasteiger partial charge in [0, 0.05) is 31.1 Å². The van der Waals surface area contributed by atoms with Crippen molar-refractivity contribution in [2.45, 2.75) is 38.2 Å². The summed E-state index contributed by atoms with van der Waals surface area (Å²) < 4.78 is 12.0. The molecule has 2 amide bonds. The molecule has 4 N–H and O–H groups in total. The lowest BCUT2D eigenvalue weighted by molar-refractivity contribution is 0.0941. The number of ether oxygens (including phenoxy) is 2. The number of benzene rings is 2. The average Bonchev–Trinajstić information content (AvgIpc) is 3.66. The summed E-state index contributed by atoms with van der Waals surface area (Å²) >= 11 is 0. The number of carbonyl (C=O) groups excluding carboxylic acids is 2. The van der Waals surface area contributed by atoms with Crippen LogP contribution in [0.25, 0.3) is 5.57 Å². The molecule has 3 aromatic rings. The molecule has 1 heterocycles. The smallest absolute Gasteiger partial charge is 0.251 e. The van der Waals surface area contributed by atoms with Crippen LogP contribution in [-0.4, -0.2) is 60.3 Å². The summed E-state index contributed by atoms with van der Waals surface area (Å²) in [5.74, 6) is 0.909. The van der Waals surface area contributed by atoms with Gasteiger partial charge in [0.05, 0.1) is 30.7 Å². The van der Waals surface area contributed by atoms with Gasteiger partial charge in [-0.05, 0) is 67.2 Å². The van der Waals surface area contributed by atoms with Gasteiger partial charge in [0.25, 0.3) is 11.8 Å². The SMILES string of the molecule is CNC(=O)c1ccc(C2=CCc3nc(Nc4ccc(C(=O)NCCO)cc4OC)nc(OC4CCCC4)c32)cc1. The van der Waals surface area contributed by atoms with Crippen molar-refractivity contribution in [2.24, 2.45) is 0 Å². The molecule has 1 saturated carbocycles. The van der Waals surface area contributed by atoms with Crippen LogP contribution < -0.4 is 25.4 Å². The van der Waals surface area contributed by atoms with Crippen molar-refractivity contribution >= 4 is 29.0 Å². The van der Waals surface area contributed by atoms with E-state index in [1.165, 1.54) is 7.11 Å². The van der Waals surface area contributed by atoms with E-state index in [0.29, 0.717) is 40.8 Å². The number of methoxy groups -OCH3 is 1. The van der Waals surface area contributed by atoms with E-state index in [2.05, 4.69) is 22.0 Å². The number of rotatable bonds is 10. The Morgan fingerprint density at radius 3 is 2.48 bits per heavy atom. The highest BCUT2D eigenvalue weighted by molar-refractivity contribution is 5.96. The van der Waals surface area contributed by atoms with E-state index in [-0.39, 0.29) is 31.1 Å². The summed E-state index contributed by atoms with van der Waals surface area (Å²) in [4.78, 5) is 33.9. The standard InChI is InChI=1S/C30H33N5O5/c1-31-27(37)19-9-7-18(8-10-19)22-12-14-24-26(22)29(40-21-5-3-4-6-21)35-30(34-24)33-23-13-11-20(17-25(23)39-2)28(38)32-15-16-36/h7-13,17,21,36H,3-6,14-16H2,1-2H3,(H,31,37)(H,32,38)(H,33,34,35). The Morgan fingerprint density at radius 2 is 1.77 bits per heavy atom. The topological polar surface area (TPSA) is 135 Å². The van der Waals surface area contributed by atoms with Crippen molar-refractivity contribution in [1.82, 2.24) is 20.6 Å². The van der Waals surface area contributed by atoms with Gasteiger partial charge in [-0.1, -0.05) is 18.2 Å². The van der Waals surface area contributed by atoms with Crippen molar-refractivity contribution < 1.29 is 24.2 Å². The Labute approximate surface area is 232 Å². The van der Waals surface area contributed by atoms with Crippen LogP contribution in [0.3, 0.4) is 0 Å². The number of hydrogen-bond acceptors (Lipinski definition) is 8. The minimum atomic E-state index is -0.304. The fraction of sp³-hybridized carbons (Fsp3) is 0.333. The number of hydrogen-bond donors (Lipinski definition) is 4. The zero-order chi connectivity index (χ0) is 28.1. The van der Waals surface area contributed by atoms with E-state index in [0.717, 1.165) is 48.1 Å². The molecule has 0 radical (unpaired) electrons. The molecule has 0 bridgehead atoms. The number of nitrogens with zero attached hydrogens (tertiary/aromatic N) is 2. The van der Waals surface area contributed by atoms with E-state index in [1.54, 1.807) is 37.4 Å². The predicted octanol–water partition coefficient (Wildman–Crippen LogP) is 3.62. The number of aliphatic hydroxyl groups excluding tert-OH is 1. The third-order valence-corrected chi connectivity index (χ3v) is 7.09. The molecule has 1 aromatic heterocycles. The number of anilines is 2. The average molecular weight is 544 g/mol. The maximum Gasteiger partial charge on any atom is 0.251 e. The first-order valence-corrected chi connectivity index (χ1v) is 13.5. The van der Waals surface area contributed by atoms with Gasteiger partial charge in [-0.25, -0.2) is 4.98 Å². The number of aromatic nitrogens is 2. The number of fused-ring (bicyclic) bond motifs is 1. The highest BCUT2D eigenvalue weighted by Crippen LogP contribution is 2.40. The Bertz CT molecular complexity index is 1430. The van der Waals surface area contributed by atoms with Crippen LogP contribution in [-0.2, 0) is 6.42 Å². The van der Waals surface area contributed by atoms with Crippen LogP contribution in [0.15, 0.2) is 48.5 Å². The van der Waals surface area contributed by atoms with E-state index in [1.807, 2.05) is 12.1 Å². The second-order valence-corrected chi connectivity index (χ2v) is 9.70. The van der Waals surface area contributed by atoms with Crippen LogP contribution in [0.4, 0.5) is 11.6 Å². The predicted molar refractivity (Wildman–Crippen MR) is 151 cm³/mol. The molecular formula is C30H33N5O5. The largest absolute Gasteiger partial charge is 0.495 e. The summed E-state index contributed by atoms with van der Waals surface area (Å²) in [6.45, 7) is 0.0312. The first-order chi connectivity index (χ1) is 19.5. The summed E-state index contributed by atoms with van der Waals surface area (Å²) in [7, 11) is 3.14. The molecule has 0 spiro atoms. The third-order valence-electron chi connectivity index (χ3n) is 7.09. The number of allylic oxidation sites excluding steroid dienone is 1. The molecule has 5 rings (SSSR count). The Balaban J connectivity index is 1.46. The van der Waals surface area contributed by atoms with E-state index < -0.39 is 0 Å². The second kappa shape index (κ2) is 12.2. The molecule has 0 aliphatic heterocycles. The molecule has 2 aliphatic rings. The van der Waals surface area contributed by atoms with Crippen LogP contribution in [0.5, 0.6) is 11.6 Å². The van der Waals surface area contributed by atoms with Crippen LogP contribution in [0.2, 0.25) is 0 Å². The van der Waals surface area contributed by atoms with Crippen molar-refractivity contribution in [3.63, 3.8) is 0 Å². The molecule has 2 aromatic carbocycles. The zero-order valence-corrected chi connectivity index (χ0v) is 22.6. The minimum absolute atomic E-state index is 0.0931. The first kappa shape index (κ1) is 27.1. The van der Waals surface area contributed by atoms with Gasteiger partial charge in [0.2, 0.25) is 11.8 Å². The summed E-state index contributed by atoms with van der Waals surface area (Å²) in [6.07, 6.45) is 7.03. The molecule has 40 heavy (non-hydrogen) atoms. The lowest BCUT2D eigenvalue weighted by atomic mass is 10.00. The quantitative estimate of drug-likeness (QED) is 0.305. The molecule has 10 heteroatoms. The van der Waals surface area contributed by atoms with Crippen LogP contribution in [0.1, 0.15) is 63.2 Å². The van der Waals surface area contributed by atoms with Crippen LogP contribution >= 0.6 is 0 Å². The minimum Gasteiger partial charge on any atom is -0.495 e. The lowest BCUT2D eigenvalue weighted by Crippen LogP contribution is -2.26. The molecule has 208 valence electrons. The highest BCUT2D eigenvalue weighted by Gasteiger charge is 2.28. The molecule has 0 atom stereocenters. The van der Waals surface area contributed by atoms with Crippen LogP contribution in [0, 0.1) is 0 Å². The Kier molecular flexibility index (Phi) is 8.26.